The van der Waals surface area contributed by atoms with E-state index in [-0.39, 0.29) is 0 Å². The summed E-state index contributed by atoms with van der Waals surface area (Å²) >= 11 is 1.90. The van der Waals surface area contributed by atoms with Crippen LogP contribution < -0.4 is 0 Å². The molecule has 1 aromatic rings. The minimum Gasteiger partial charge on any atom is -0.373 e. The van der Waals surface area contributed by atoms with Gasteiger partial charge in [-0.1, -0.05) is 52.5 Å². The lowest BCUT2D eigenvalue weighted by atomic mass is 10.1. The van der Waals surface area contributed by atoms with Crippen LogP contribution in [-0.4, -0.2) is 18.5 Å². The molecule has 0 radical (unpaired) electrons. The van der Waals surface area contributed by atoms with Crippen LogP contribution in [0.3, 0.4) is 0 Å². The van der Waals surface area contributed by atoms with Crippen molar-refractivity contribution in [2.75, 3.05) is 13.6 Å². The fraction of sp³-hybridized carbons (Fsp3) is 0.700. The number of unbranched alkanes of at least 4 members (excludes halogenated alkanes) is 3. The maximum Gasteiger partial charge on any atom is 0.0503 e. The highest BCUT2D eigenvalue weighted by Gasteiger charge is 2.12. The van der Waals surface area contributed by atoms with E-state index in [2.05, 4.69) is 57.2 Å². The lowest BCUT2D eigenvalue weighted by Crippen LogP contribution is -2.22. The van der Waals surface area contributed by atoms with Crippen molar-refractivity contribution in [2.24, 2.45) is 5.92 Å². The van der Waals surface area contributed by atoms with Crippen molar-refractivity contribution in [3.8, 4) is 0 Å². The number of nitrogens with zero attached hydrogens (tertiary/aromatic N) is 1. The van der Waals surface area contributed by atoms with Gasteiger partial charge < -0.3 is 4.90 Å². The second kappa shape index (κ2) is 10.9. The van der Waals surface area contributed by atoms with Gasteiger partial charge in [0.1, 0.15) is 0 Å². The lowest BCUT2D eigenvalue weighted by molar-refractivity contribution is 0.370. The summed E-state index contributed by atoms with van der Waals surface area (Å²) in [6.45, 7) is 10.2. The Kier molecular flexibility index (Phi) is 9.54. The first-order valence-corrected chi connectivity index (χ1v) is 9.95. The predicted molar refractivity (Wildman–Crippen MR) is 103 cm³/mol. The van der Waals surface area contributed by atoms with Crippen LogP contribution in [-0.2, 0) is 6.42 Å². The van der Waals surface area contributed by atoms with Crippen molar-refractivity contribution in [1.29, 1.82) is 0 Å². The number of aryl methyl sites for hydroxylation is 1. The van der Waals surface area contributed by atoms with Gasteiger partial charge in [0.2, 0.25) is 0 Å². The first-order chi connectivity index (χ1) is 10.6. The molecule has 0 aromatic carbocycles. The van der Waals surface area contributed by atoms with Gasteiger partial charge in [-0.3, -0.25) is 0 Å². The van der Waals surface area contributed by atoms with E-state index >= 15 is 0 Å². The molecular weight excluding hydrogens is 286 g/mol. The number of hydrogen-bond acceptors (Lipinski definition) is 2. The maximum absolute atomic E-state index is 2.44. The van der Waals surface area contributed by atoms with Gasteiger partial charge in [-0.2, -0.15) is 0 Å². The van der Waals surface area contributed by atoms with Crippen molar-refractivity contribution in [3.63, 3.8) is 0 Å². The molecule has 2 heteroatoms. The summed E-state index contributed by atoms with van der Waals surface area (Å²) in [5.41, 5.74) is 2.92. The quantitative estimate of drug-likeness (QED) is 0.415. The second-order valence-electron chi connectivity index (χ2n) is 6.58. The Morgan fingerprint density at radius 3 is 2.64 bits per heavy atom. The van der Waals surface area contributed by atoms with Gasteiger partial charge in [0.15, 0.2) is 0 Å². The van der Waals surface area contributed by atoms with Crippen LogP contribution in [0.1, 0.15) is 76.7 Å². The molecule has 0 aliphatic rings. The monoisotopic (exact) mass is 321 g/mol. The number of hydrogen-bond donors (Lipinski definition) is 0. The van der Waals surface area contributed by atoms with Gasteiger partial charge >= 0.3 is 0 Å². The Labute approximate surface area is 142 Å². The van der Waals surface area contributed by atoms with Gasteiger partial charge in [0.05, 0.1) is 4.88 Å². The molecule has 0 saturated heterocycles. The molecule has 0 aliphatic carbocycles. The molecule has 0 N–H and O–H groups in total. The molecule has 1 unspecified atom stereocenters. The van der Waals surface area contributed by atoms with E-state index in [1.54, 1.807) is 0 Å². The zero-order valence-electron chi connectivity index (χ0n) is 15.3. The molecule has 0 spiro atoms. The highest BCUT2D eigenvalue weighted by molar-refractivity contribution is 7.11. The number of allylic oxidation sites excluding steroid dienone is 1. The first-order valence-electron chi connectivity index (χ1n) is 9.07. The SMILES string of the molecule is CC=C(c1cc(CCCCCC)cs1)N(C)CC(C)CCC. The van der Waals surface area contributed by atoms with Crippen molar-refractivity contribution in [3.05, 3.63) is 28.0 Å². The average Bonchev–Trinajstić information content (AvgIpc) is 2.93. The van der Waals surface area contributed by atoms with Gasteiger partial charge in [-0.25, -0.2) is 0 Å². The predicted octanol–water partition coefficient (Wildman–Crippen LogP) is 6.60. The van der Waals surface area contributed by atoms with Crippen molar-refractivity contribution in [2.45, 2.75) is 72.6 Å². The van der Waals surface area contributed by atoms with E-state index in [0.717, 1.165) is 12.5 Å². The lowest BCUT2D eigenvalue weighted by Gasteiger charge is -2.25. The molecule has 1 heterocycles. The zero-order valence-corrected chi connectivity index (χ0v) is 16.1. The van der Waals surface area contributed by atoms with Crippen molar-refractivity contribution >= 4 is 17.0 Å². The third kappa shape index (κ3) is 6.56. The fourth-order valence-corrected chi connectivity index (χ4v) is 4.18. The van der Waals surface area contributed by atoms with Crippen LogP contribution in [0.2, 0.25) is 0 Å². The molecule has 1 nitrogen and oxygen atoms in total. The van der Waals surface area contributed by atoms with E-state index in [1.165, 1.54) is 61.1 Å². The second-order valence-corrected chi connectivity index (χ2v) is 7.49. The Bertz CT molecular complexity index is 433. The highest BCUT2D eigenvalue weighted by atomic mass is 32.1. The van der Waals surface area contributed by atoms with Gasteiger partial charge in [-0.05, 0) is 49.1 Å². The normalized spacial score (nSPS) is 13.4. The van der Waals surface area contributed by atoms with E-state index in [1.807, 2.05) is 11.3 Å². The average molecular weight is 322 g/mol. The molecule has 0 aliphatic heterocycles. The smallest absolute Gasteiger partial charge is 0.0503 e. The van der Waals surface area contributed by atoms with Crippen LogP contribution in [0, 0.1) is 5.92 Å². The molecule has 1 atom stereocenters. The Morgan fingerprint density at radius 1 is 1.23 bits per heavy atom. The summed E-state index contributed by atoms with van der Waals surface area (Å²) in [5, 5.41) is 2.36. The van der Waals surface area contributed by atoms with Crippen molar-refractivity contribution in [1.82, 2.24) is 4.90 Å². The number of thiophene rings is 1. The zero-order chi connectivity index (χ0) is 16.4. The van der Waals surface area contributed by atoms with E-state index < -0.39 is 0 Å². The molecule has 0 amide bonds. The Hall–Kier alpha value is -0.760. The first kappa shape index (κ1) is 19.3. The van der Waals surface area contributed by atoms with Crippen molar-refractivity contribution < 1.29 is 0 Å². The van der Waals surface area contributed by atoms with E-state index in [0.29, 0.717) is 0 Å². The summed E-state index contributed by atoms with van der Waals surface area (Å²) in [4.78, 5) is 3.87. The summed E-state index contributed by atoms with van der Waals surface area (Å²) in [6.07, 6.45) is 11.5. The molecule has 1 rings (SSSR count). The van der Waals surface area contributed by atoms with Crippen LogP contribution >= 0.6 is 11.3 Å². The minimum atomic E-state index is 0.762. The van der Waals surface area contributed by atoms with Crippen LogP contribution in [0.4, 0.5) is 0 Å². The largest absolute Gasteiger partial charge is 0.373 e. The molecule has 1 aromatic heterocycles. The summed E-state index contributed by atoms with van der Waals surface area (Å²) in [6, 6.07) is 2.41. The van der Waals surface area contributed by atoms with Crippen LogP contribution in [0.5, 0.6) is 0 Å². The van der Waals surface area contributed by atoms with Crippen LogP contribution in [0.15, 0.2) is 17.5 Å². The van der Waals surface area contributed by atoms with Gasteiger partial charge in [0, 0.05) is 19.3 Å². The molecule has 126 valence electrons. The summed E-state index contributed by atoms with van der Waals surface area (Å²) < 4.78 is 0. The molecule has 0 fully saturated rings. The standard InChI is InChI=1S/C20H35NS/c1-6-9-10-11-13-18-14-20(22-16-18)19(8-3)21(5)15-17(4)12-7-2/h8,14,16-17H,6-7,9-13,15H2,1-5H3. The van der Waals surface area contributed by atoms with Gasteiger partial charge in [-0.15, -0.1) is 11.3 Å². The summed E-state index contributed by atoms with van der Waals surface area (Å²) in [7, 11) is 2.24. The van der Waals surface area contributed by atoms with E-state index in [4.69, 9.17) is 0 Å². The number of rotatable bonds is 11. The summed E-state index contributed by atoms with van der Waals surface area (Å²) in [5.74, 6) is 0.762. The third-order valence-corrected chi connectivity index (χ3v) is 5.28. The molecule has 0 bridgehead atoms. The minimum absolute atomic E-state index is 0.762. The third-order valence-electron chi connectivity index (χ3n) is 4.28. The Balaban J connectivity index is 2.58. The molecule has 22 heavy (non-hydrogen) atoms. The van der Waals surface area contributed by atoms with Crippen LogP contribution in [0.25, 0.3) is 5.70 Å². The van der Waals surface area contributed by atoms with E-state index in [9.17, 15) is 0 Å². The Morgan fingerprint density at radius 2 is 2.00 bits per heavy atom. The topological polar surface area (TPSA) is 3.24 Å². The van der Waals surface area contributed by atoms with Gasteiger partial charge in [0.25, 0.3) is 0 Å². The highest BCUT2D eigenvalue weighted by Crippen LogP contribution is 2.27. The fourth-order valence-electron chi connectivity index (χ4n) is 3.10. The molecule has 0 saturated carbocycles. The maximum atomic E-state index is 2.44. The molecular formula is C20H35NS.